The number of carbonyl (C=O) groups excluding carboxylic acids is 1. The predicted octanol–water partition coefficient (Wildman–Crippen LogP) is 3.45. The van der Waals surface area contributed by atoms with Crippen molar-refractivity contribution < 1.29 is 18.7 Å². The average Bonchev–Trinajstić information content (AvgIpc) is 2.57. The highest BCUT2D eigenvalue weighted by Crippen LogP contribution is 2.13. The molecule has 2 rings (SSSR count). The smallest absolute Gasteiger partial charge is 0.280 e. The minimum atomic E-state index is -1.13. The Hall–Kier alpha value is -3.03. The van der Waals surface area contributed by atoms with E-state index in [0.717, 1.165) is 24.6 Å². The van der Waals surface area contributed by atoms with Crippen molar-refractivity contribution in [2.45, 2.75) is 32.7 Å². The van der Waals surface area contributed by atoms with Crippen LogP contribution in [-0.4, -0.2) is 27.5 Å². The van der Waals surface area contributed by atoms with Gasteiger partial charge in [-0.25, -0.2) is 8.78 Å². The van der Waals surface area contributed by atoms with Gasteiger partial charge in [0.05, 0.1) is 0 Å². The number of hydrogen-bond acceptors (Lipinski definition) is 3. The van der Waals surface area contributed by atoms with E-state index in [4.69, 9.17) is 0 Å². The quantitative estimate of drug-likeness (QED) is 0.573. The second-order valence-corrected chi connectivity index (χ2v) is 6.26. The maximum atomic E-state index is 13.3. The number of pyridine rings is 1. The van der Waals surface area contributed by atoms with Crippen LogP contribution in [0, 0.1) is 11.6 Å². The molecule has 0 saturated heterocycles. The summed E-state index contributed by atoms with van der Waals surface area (Å²) in [7, 11) is 0. The minimum absolute atomic E-state index is 0.0738. The molecule has 0 spiro atoms. The topological polar surface area (TPSA) is 86.6 Å². The Morgan fingerprint density at radius 3 is 2.58 bits per heavy atom. The summed E-state index contributed by atoms with van der Waals surface area (Å²) < 4.78 is 26.4. The van der Waals surface area contributed by atoms with E-state index in [-0.39, 0.29) is 23.2 Å². The fourth-order valence-corrected chi connectivity index (χ4v) is 1.91. The van der Waals surface area contributed by atoms with Crippen molar-refractivity contribution in [2.75, 3.05) is 5.32 Å². The van der Waals surface area contributed by atoms with E-state index in [1.54, 1.807) is 12.1 Å². The molecule has 0 saturated carbocycles. The zero-order chi connectivity index (χ0) is 19.3. The molecule has 138 valence electrons. The van der Waals surface area contributed by atoms with Crippen LogP contribution in [0.5, 0.6) is 5.88 Å². The molecule has 0 radical (unpaired) electrons. The van der Waals surface area contributed by atoms with E-state index in [1.807, 2.05) is 20.8 Å². The standard InChI is InChI=1S/C18H20F2N4O2/c1-4-18(2,3)24-17(22-14-6-5-7-15(25)21-14)23-16(26)11-8-9-12(19)13(20)10-11/h5-10H,4H2,1-3H3,(H3,21,22,23,24,25,26). The summed E-state index contributed by atoms with van der Waals surface area (Å²) in [5.41, 5.74) is -0.500. The number of guanidine groups is 1. The molecule has 26 heavy (non-hydrogen) atoms. The molecule has 1 heterocycles. The summed E-state index contributed by atoms with van der Waals surface area (Å²) in [6.07, 6.45) is 0.723. The Morgan fingerprint density at radius 2 is 1.96 bits per heavy atom. The van der Waals surface area contributed by atoms with Gasteiger partial charge in [-0.15, -0.1) is 0 Å². The van der Waals surface area contributed by atoms with Crippen LogP contribution < -0.4 is 10.6 Å². The van der Waals surface area contributed by atoms with Crippen LogP contribution in [0.1, 0.15) is 37.6 Å². The highest BCUT2D eigenvalue weighted by atomic mass is 19.2. The third kappa shape index (κ3) is 5.23. The van der Waals surface area contributed by atoms with Gasteiger partial charge in [0.2, 0.25) is 11.8 Å². The fraction of sp³-hybridized carbons (Fsp3) is 0.278. The van der Waals surface area contributed by atoms with Gasteiger partial charge in [-0.05, 0) is 44.5 Å². The molecule has 0 fully saturated rings. The zero-order valence-electron chi connectivity index (χ0n) is 14.7. The lowest BCUT2D eigenvalue weighted by Gasteiger charge is -2.26. The third-order valence-electron chi connectivity index (χ3n) is 3.70. The maximum Gasteiger partial charge on any atom is 0.280 e. The molecule has 1 aromatic carbocycles. The molecule has 0 atom stereocenters. The number of nitrogens with one attached hydrogen (secondary N) is 2. The highest BCUT2D eigenvalue weighted by Gasteiger charge is 2.19. The second-order valence-electron chi connectivity index (χ2n) is 6.26. The lowest BCUT2D eigenvalue weighted by molar-refractivity contribution is 0.100. The molecule has 8 heteroatoms. The molecule has 0 unspecified atom stereocenters. The molecule has 1 aromatic heterocycles. The van der Waals surface area contributed by atoms with Crippen LogP contribution in [0.2, 0.25) is 0 Å². The van der Waals surface area contributed by atoms with Crippen LogP contribution in [0.3, 0.4) is 0 Å². The van der Waals surface area contributed by atoms with Gasteiger partial charge >= 0.3 is 0 Å². The largest absolute Gasteiger partial charge is 0.493 e. The van der Waals surface area contributed by atoms with Crippen molar-refractivity contribution in [3.05, 3.63) is 53.6 Å². The van der Waals surface area contributed by atoms with Gasteiger partial charge in [0, 0.05) is 17.2 Å². The first-order valence-corrected chi connectivity index (χ1v) is 7.99. The molecule has 0 aliphatic rings. The van der Waals surface area contributed by atoms with Crippen molar-refractivity contribution in [1.82, 2.24) is 10.3 Å². The number of halogens is 2. The van der Waals surface area contributed by atoms with Crippen molar-refractivity contribution in [3.63, 3.8) is 0 Å². The Bertz CT molecular complexity index is 838. The van der Waals surface area contributed by atoms with Crippen molar-refractivity contribution in [3.8, 4) is 5.88 Å². The average molecular weight is 362 g/mol. The Labute approximate surface area is 150 Å². The number of benzene rings is 1. The van der Waals surface area contributed by atoms with Crippen LogP contribution in [0.4, 0.5) is 14.6 Å². The number of carbonyl (C=O) groups is 1. The first-order chi connectivity index (χ1) is 12.2. The van der Waals surface area contributed by atoms with E-state index >= 15 is 0 Å². The number of amides is 1. The summed E-state index contributed by atoms with van der Waals surface area (Å²) in [6.45, 7) is 5.76. The number of hydrogen-bond donors (Lipinski definition) is 3. The number of anilines is 1. The first kappa shape index (κ1) is 19.3. The summed E-state index contributed by atoms with van der Waals surface area (Å²) in [6, 6.07) is 7.36. The number of aromatic nitrogens is 1. The van der Waals surface area contributed by atoms with E-state index in [9.17, 15) is 18.7 Å². The van der Waals surface area contributed by atoms with Gasteiger partial charge in [-0.2, -0.15) is 9.98 Å². The van der Waals surface area contributed by atoms with E-state index in [1.165, 1.54) is 6.07 Å². The number of nitrogens with zero attached hydrogens (tertiary/aromatic N) is 2. The predicted molar refractivity (Wildman–Crippen MR) is 95.2 cm³/mol. The lowest BCUT2D eigenvalue weighted by atomic mass is 10.0. The normalized spacial score (nSPS) is 12.0. The fourth-order valence-electron chi connectivity index (χ4n) is 1.91. The third-order valence-corrected chi connectivity index (χ3v) is 3.70. The van der Waals surface area contributed by atoms with Crippen molar-refractivity contribution >= 4 is 17.7 Å². The van der Waals surface area contributed by atoms with E-state index in [2.05, 4.69) is 20.6 Å². The Kier molecular flexibility index (Phi) is 5.86. The van der Waals surface area contributed by atoms with Gasteiger partial charge in [0.1, 0.15) is 5.82 Å². The van der Waals surface area contributed by atoms with Gasteiger partial charge < -0.3 is 15.7 Å². The molecule has 6 nitrogen and oxygen atoms in total. The molecular formula is C18H20F2N4O2. The van der Waals surface area contributed by atoms with Crippen molar-refractivity contribution in [1.29, 1.82) is 0 Å². The SMILES string of the molecule is CCC(C)(C)N/C(=N/C(=O)c1ccc(F)c(F)c1)Nc1cccc(O)n1. The minimum Gasteiger partial charge on any atom is -0.493 e. The maximum absolute atomic E-state index is 13.3. The number of aromatic hydroxyl groups is 1. The zero-order valence-corrected chi connectivity index (χ0v) is 14.7. The lowest BCUT2D eigenvalue weighted by Crippen LogP contribution is -2.46. The number of aliphatic imine (C=N–C) groups is 1. The van der Waals surface area contributed by atoms with Gasteiger partial charge in [0.25, 0.3) is 5.91 Å². The Morgan fingerprint density at radius 1 is 1.23 bits per heavy atom. The van der Waals surface area contributed by atoms with Crippen molar-refractivity contribution in [2.24, 2.45) is 4.99 Å². The van der Waals surface area contributed by atoms with Gasteiger partial charge in [0.15, 0.2) is 11.6 Å². The molecule has 0 bridgehead atoms. The highest BCUT2D eigenvalue weighted by molar-refractivity contribution is 6.06. The van der Waals surface area contributed by atoms with E-state index in [0.29, 0.717) is 0 Å². The molecule has 2 aromatic rings. The summed E-state index contributed by atoms with van der Waals surface area (Å²) >= 11 is 0. The van der Waals surface area contributed by atoms with E-state index < -0.39 is 23.1 Å². The van der Waals surface area contributed by atoms with Gasteiger partial charge in [-0.1, -0.05) is 13.0 Å². The molecule has 0 aliphatic heterocycles. The Balaban J connectivity index is 2.33. The molecule has 3 N–H and O–H groups in total. The second kappa shape index (κ2) is 7.90. The van der Waals surface area contributed by atoms with Crippen LogP contribution >= 0.6 is 0 Å². The van der Waals surface area contributed by atoms with Crippen LogP contribution in [0.15, 0.2) is 41.4 Å². The number of rotatable bonds is 4. The first-order valence-electron chi connectivity index (χ1n) is 7.99. The summed E-state index contributed by atoms with van der Waals surface area (Å²) in [4.78, 5) is 20.1. The van der Waals surface area contributed by atoms with Gasteiger partial charge in [-0.3, -0.25) is 4.79 Å². The molecule has 0 aliphatic carbocycles. The summed E-state index contributed by atoms with van der Waals surface area (Å²) in [5.74, 6) is -2.79. The van der Waals surface area contributed by atoms with Crippen LogP contribution in [0.25, 0.3) is 0 Å². The summed E-state index contributed by atoms with van der Waals surface area (Å²) in [5, 5.41) is 15.3. The monoisotopic (exact) mass is 362 g/mol. The van der Waals surface area contributed by atoms with Crippen LogP contribution in [-0.2, 0) is 0 Å². The molecule has 1 amide bonds. The molecular weight excluding hydrogens is 342 g/mol.